The molecular weight excluding hydrogens is 146 g/mol. The summed E-state index contributed by atoms with van der Waals surface area (Å²) in [6.45, 7) is 5.18. The second-order valence-electron chi connectivity index (χ2n) is 3.23. The van der Waals surface area contributed by atoms with Gasteiger partial charge in [0.1, 0.15) is 12.0 Å². The highest BCUT2D eigenvalue weighted by Gasteiger charge is 2.17. The van der Waals surface area contributed by atoms with E-state index in [1.165, 1.54) is 0 Å². The molecule has 0 aliphatic rings. The number of carbonyl (C=O) groups is 2. The molecule has 0 atom stereocenters. The van der Waals surface area contributed by atoms with Crippen molar-refractivity contribution >= 4 is 11.9 Å². The lowest BCUT2D eigenvalue weighted by Crippen LogP contribution is -2.27. The fourth-order valence-corrected chi connectivity index (χ4v) is 0.520. The normalized spacial score (nSPS) is 10.8. The van der Waals surface area contributed by atoms with Crippen LogP contribution in [0.2, 0.25) is 0 Å². The van der Waals surface area contributed by atoms with Crippen molar-refractivity contribution in [2.75, 3.05) is 0 Å². The lowest BCUT2D eigenvalue weighted by atomic mass is 10.2. The van der Waals surface area contributed by atoms with Crippen LogP contribution in [0.15, 0.2) is 0 Å². The van der Waals surface area contributed by atoms with E-state index in [0.29, 0.717) is 0 Å². The van der Waals surface area contributed by atoms with Gasteiger partial charge in [-0.3, -0.25) is 9.59 Å². The molecule has 0 heterocycles. The van der Waals surface area contributed by atoms with Gasteiger partial charge in [-0.1, -0.05) is 0 Å². The van der Waals surface area contributed by atoms with E-state index in [1.807, 2.05) is 0 Å². The van der Waals surface area contributed by atoms with Crippen LogP contribution in [-0.4, -0.2) is 17.5 Å². The maximum absolute atomic E-state index is 10.7. The minimum atomic E-state index is -0.667. The van der Waals surface area contributed by atoms with Crippen LogP contribution in [0.1, 0.15) is 28.6 Å². The molecule has 0 saturated carbocycles. The van der Waals surface area contributed by atoms with Crippen molar-refractivity contribution in [3.63, 3.8) is 0 Å². The number of amides is 1. The number of nitrogens with two attached hydrogens (primary N) is 1. The summed E-state index contributed by atoms with van der Waals surface area (Å²) in [5, 5.41) is 0. The van der Waals surface area contributed by atoms with E-state index in [0.717, 1.165) is 0 Å². The van der Waals surface area contributed by atoms with Crippen molar-refractivity contribution < 1.29 is 15.8 Å². The SMILES string of the molecule is CC(C)(C)OC(=O)CC(N)=O.[HH]. The second kappa shape index (κ2) is 3.37. The van der Waals surface area contributed by atoms with E-state index in [9.17, 15) is 9.59 Å². The van der Waals surface area contributed by atoms with Gasteiger partial charge in [-0.15, -0.1) is 0 Å². The van der Waals surface area contributed by atoms with Gasteiger partial charge in [0.25, 0.3) is 0 Å². The maximum Gasteiger partial charge on any atom is 0.315 e. The third-order valence-corrected chi connectivity index (χ3v) is 0.739. The molecule has 1 amide bonds. The predicted octanol–water partition coefficient (Wildman–Crippen LogP) is 0.449. The van der Waals surface area contributed by atoms with Crippen LogP contribution in [0.3, 0.4) is 0 Å². The Bertz CT molecular complexity index is 174. The van der Waals surface area contributed by atoms with E-state index in [-0.39, 0.29) is 7.85 Å². The molecule has 11 heavy (non-hydrogen) atoms. The third-order valence-electron chi connectivity index (χ3n) is 0.739. The number of primary amides is 1. The molecule has 0 aromatic carbocycles. The van der Waals surface area contributed by atoms with Crippen molar-refractivity contribution in [2.24, 2.45) is 5.73 Å². The summed E-state index contributed by atoms with van der Waals surface area (Å²) < 4.78 is 4.81. The Balaban J connectivity index is 0. The minimum absolute atomic E-state index is 0. The quantitative estimate of drug-likeness (QED) is 0.472. The van der Waals surface area contributed by atoms with E-state index in [4.69, 9.17) is 10.5 Å². The summed E-state index contributed by atoms with van der Waals surface area (Å²) in [6.07, 6.45) is -0.350. The first-order valence-electron chi connectivity index (χ1n) is 3.31. The maximum atomic E-state index is 10.7. The Kier molecular flexibility index (Phi) is 3.04. The molecule has 0 aliphatic heterocycles. The fourth-order valence-electron chi connectivity index (χ4n) is 0.520. The Morgan fingerprint density at radius 2 is 1.91 bits per heavy atom. The molecule has 66 valence electrons. The van der Waals surface area contributed by atoms with Gasteiger partial charge < -0.3 is 10.5 Å². The molecule has 0 aromatic rings. The van der Waals surface area contributed by atoms with Crippen LogP contribution in [-0.2, 0) is 14.3 Å². The van der Waals surface area contributed by atoms with Crippen LogP contribution < -0.4 is 5.73 Å². The monoisotopic (exact) mass is 161 g/mol. The van der Waals surface area contributed by atoms with Gasteiger partial charge in [0.15, 0.2) is 0 Å². The van der Waals surface area contributed by atoms with Crippen LogP contribution in [0, 0.1) is 0 Å². The summed E-state index contributed by atoms with van der Waals surface area (Å²) in [4.78, 5) is 21.0. The molecule has 0 radical (unpaired) electrons. The molecular formula is C7H15NO3. The zero-order valence-electron chi connectivity index (χ0n) is 7.01. The highest BCUT2D eigenvalue weighted by atomic mass is 16.6. The lowest BCUT2D eigenvalue weighted by Gasteiger charge is -2.18. The standard InChI is InChI=1S/C7H13NO3.H2/c1-7(2,3)11-6(10)4-5(8)9;/h4H2,1-3H3,(H2,8,9);1H. The molecule has 2 N–H and O–H groups in total. The molecule has 4 nitrogen and oxygen atoms in total. The van der Waals surface area contributed by atoms with Crippen molar-refractivity contribution in [3.8, 4) is 0 Å². The molecule has 0 unspecified atom stereocenters. The van der Waals surface area contributed by atoms with Crippen molar-refractivity contribution in [1.82, 2.24) is 0 Å². The van der Waals surface area contributed by atoms with E-state index < -0.39 is 17.5 Å². The molecule has 0 fully saturated rings. The minimum Gasteiger partial charge on any atom is -0.460 e. The van der Waals surface area contributed by atoms with E-state index >= 15 is 0 Å². The Hall–Kier alpha value is -1.06. The zero-order chi connectivity index (χ0) is 9.07. The number of carbonyl (C=O) groups excluding carboxylic acids is 2. The van der Waals surface area contributed by atoms with Gasteiger partial charge in [-0.05, 0) is 20.8 Å². The Labute approximate surface area is 67.2 Å². The fraction of sp³-hybridized carbons (Fsp3) is 0.714. The van der Waals surface area contributed by atoms with Crippen LogP contribution in [0.25, 0.3) is 0 Å². The number of ether oxygens (including phenoxy) is 1. The third kappa shape index (κ3) is 6.83. The summed E-state index contributed by atoms with van der Waals surface area (Å²) in [5.74, 6) is -1.25. The molecule has 0 rings (SSSR count). The topological polar surface area (TPSA) is 69.4 Å². The number of hydrogen-bond donors (Lipinski definition) is 1. The van der Waals surface area contributed by atoms with Crippen molar-refractivity contribution in [3.05, 3.63) is 0 Å². The number of hydrogen-bond acceptors (Lipinski definition) is 3. The van der Waals surface area contributed by atoms with Crippen molar-refractivity contribution in [2.45, 2.75) is 32.8 Å². The summed E-state index contributed by atoms with van der Waals surface area (Å²) in [7, 11) is 0. The highest BCUT2D eigenvalue weighted by Crippen LogP contribution is 2.07. The second-order valence-corrected chi connectivity index (χ2v) is 3.23. The van der Waals surface area contributed by atoms with Crippen LogP contribution >= 0.6 is 0 Å². The lowest BCUT2D eigenvalue weighted by molar-refractivity contribution is -0.156. The highest BCUT2D eigenvalue weighted by molar-refractivity contribution is 5.93. The largest absolute Gasteiger partial charge is 0.460 e. The van der Waals surface area contributed by atoms with E-state index in [2.05, 4.69) is 0 Å². The summed E-state index contributed by atoms with van der Waals surface area (Å²) >= 11 is 0. The first-order valence-corrected chi connectivity index (χ1v) is 3.31. The van der Waals surface area contributed by atoms with Gasteiger partial charge in [0.2, 0.25) is 5.91 Å². The first kappa shape index (κ1) is 9.94. The van der Waals surface area contributed by atoms with Gasteiger partial charge >= 0.3 is 5.97 Å². The molecule has 0 aliphatic carbocycles. The Morgan fingerprint density at radius 3 is 2.18 bits per heavy atom. The Morgan fingerprint density at radius 1 is 1.45 bits per heavy atom. The molecule has 4 heteroatoms. The smallest absolute Gasteiger partial charge is 0.315 e. The van der Waals surface area contributed by atoms with Crippen LogP contribution in [0.5, 0.6) is 0 Å². The van der Waals surface area contributed by atoms with Gasteiger partial charge in [0.05, 0.1) is 0 Å². The number of rotatable bonds is 2. The van der Waals surface area contributed by atoms with Gasteiger partial charge in [-0.2, -0.15) is 0 Å². The number of esters is 1. The van der Waals surface area contributed by atoms with Crippen LogP contribution in [0.4, 0.5) is 0 Å². The molecule has 0 bridgehead atoms. The average Bonchev–Trinajstić information content (AvgIpc) is 1.53. The summed E-state index contributed by atoms with van der Waals surface area (Å²) in [5.41, 5.74) is 4.22. The first-order chi connectivity index (χ1) is 4.81. The molecule has 0 spiro atoms. The zero-order valence-corrected chi connectivity index (χ0v) is 7.01. The van der Waals surface area contributed by atoms with Crippen molar-refractivity contribution in [1.29, 1.82) is 0 Å². The average molecular weight is 161 g/mol. The molecule has 0 saturated heterocycles. The van der Waals surface area contributed by atoms with Gasteiger partial charge in [-0.25, -0.2) is 0 Å². The van der Waals surface area contributed by atoms with E-state index in [1.54, 1.807) is 20.8 Å². The molecule has 0 aromatic heterocycles. The van der Waals surface area contributed by atoms with Gasteiger partial charge in [0, 0.05) is 1.43 Å². The summed E-state index contributed by atoms with van der Waals surface area (Å²) in [6, 6.07) is 0. The predicted molar refractivity (Wildman–Crippen MR) is 41.8 cm³/mol.